The molecule has 1 N–H and O–H groups in total. The van der Waals surface area contributed by atoms with Gasteiger partial charge in [-0.2, -0.15) is 0 Å². The van der Waals surface area contributed by atoms with Crippen molar-refractivity contribution < 1.29 is 9.53 Å². The molecule has 6 heteroatoms. The monoisotopic (exact) mass is 330 g/mol. The van der Waals surface area contributed by atoms with Gasteiger partial charge >= 0.3 is 6.09 Å². The molecule has 0 radical (unpaired) electrons. The van der Waals surface area contributed by atoms with E-state index in [2.05, 4.69) is 14.9 Å². The van der Waals surface area contributed by atoms with Crippen LogP contribution in [-0.4, -0.2) is 52.7 Å². The summed E-state index contributed by atoms with van der Waals surface area (Å²) in [5, 5.41) is 0. The molecule has 0 spiro atoms. The lowest BCUT2D eigenvalue weighted by molar-refractivity contribution is 0.0231. The molecular formula is C18H26N4O2. The van der Waals surface area contributed by atoms with E-state index < -0.39 is 5.60 Å². The summed E-state index contributed by atoms with van der Waals surface area (Å²) in [6, 6.07) is 8.13. The normalized spacial score (nSPS) is 18.2. The van der Waals surface area contributed by atoms with Gasteiger partial charge in [0, 0.05) is 20.1 Å². The smallest absolute Gasteiger partial charge is 0.410 e. The van der Waals surface area contributed by atoms with E-state index in [4.69, 9.17) is 4.74 Å². The van der Waals surface area contributed by atoms with Crippen molar-refractivity contribution in [1.29, 1.82) is 0 Å². The quantitative estimate of drug-likeness (QED) is 0.937. The van der Waals surface area contributed by atoms with Gasteiger partial charge in [-0.1, -0.05) is 12.1 Å². The number of para-hydroxylation sites is 2. The van der Waals surface area contributed by atoms with Crippen LogP contribution < -0.4 is 4.90 Å². The van der Waals surface area contributed by atoms with Crippen molar-refractivity contribution in [2.24, 2.45) is 0 Å². The van der Waals surface area contributed by atoms with E-state index in [-0.39, 0.29) is 12.1 Å². The number of nitrogens with one attached hydrogen (secondary N) is 1. The van der Waals surface area contributed by atoms with Gasteiger partial charge in [0.05, 0.1) is 17.1 Å². The first-order valence-corrected chi connectivity index (χ1v) is 8.49. The number of hydrogen-bond acceptors (Lipinski definition) is 4. The van der Waals surface area contributed by atoms with Crippen molar-refractivity contribution in [2.45, 2.75) is 45.3 Å². The fourth-order valence-corrected chi connectivity index (χ4v) is 3.11. The maximum atomic E-state index is 12.4. The van der Waals surface area contributed by atoms with Gasteiger partial charge in [-0.3, -0.25) is 0 Å². The zero-order valence-electron chi connectivity index (χ0n) is 14.9. The number of amides is 1. The number of anilines is 1. The van der Waals surface area contributed by atoms with Crippen molar-refractivity contribution in [2.75, 3.05) is 25.0 Å². The minimum Gasteiger partial charge on any atom is -0.444 e. The summed E-state index contributed by atoms with van der Waals surface area (Å²) in [5.41, 5.74) is 1.51. The molecule has 1 aromatic carbocycles. The summed E-state index contributed by atoms with van der Waals surface area (Å²) in [6.45, 7) is 7.19. The number of nitrogens with zero attached hydrogens (tertiary/aromatic N) is 3. The third kappa shape index (κ3) is 3.63. The molecule has 1 atom stereocenters. The van der Waals surface area contributed by atoms with E-state index in [0.717, 1.165) is 42.9 Å². The van der Waals surface area contributed by atoms with Gasteiger partial charge in [0.1, 0.15) is 5.60 Å². The second-order valence-corrected chi connectivity index (χ2v) is 7.43. The third-order valence-electron chi connectivity index (χ3n) is 4.23. The van der Waals surface area contributed by atoms with Crippen molar-refractivity contribution in [3.05, 3.63) is 24.3 Å². The number of aromatic nitrogens is 2. The molecule has 1 aliphatic rings. The number of fused-ring (bicyclic) bond motifs is 1. The summed E-state index contributed by atoms with van der Waals surface area (Å²) < 4.78 is 5.53. The molecule has 130 valence electrons. The lowest BCUT2D eigenvalue weighted by Crippen LogP contribution is -2.44. The maximum absolute atomic E-state index is 12.4. The third-order valence-corrected chi connectivity index (χ3v) is 4.23. The molecule has 1 aliphatic heterocycles. The Hall–Kier alpha value is -2.24. The standard InChI is InChI=1S/C18H26N4O2/c1-18(2,3)24-17(23)22-11-7-8-13(22)12-21(4)16-19-14-9-5-6-10-15(14)20-16/h5-6,9-10,13H,7-8,11-12H2,1-4H3,(H,19,20)/t13-/m1/s1. The average molecular weight is 330 g/mol. The molecule has 1 amide bonds. The van der Waals surface area contributed by atoms with Crippen LogP contribution in [0.3, 0.4) is 0 Å². The van der Waals surface area contributed by atoms with Crippen molar-refractivity contribution in [3.63, 3.8) is 0 Å². The second kappa shape index (κ2) is 6.34. The molecule has 0 saturated carbocycles. The van der Waals surface area contributed by atoms with Crippen LogP contribution in [0.15, 0.2) is 24.3 Å². The predicted octanol–water partition coefficient (Wildman–Crippen LogP) is 3.40. The van der Waals surface area contributed by atoms with Gasteiger partial charge in [-0.25, -0.2) is 9.78 Å². The summed E-state index contributed by atoms with van der Waals surface area (Å²) in [4.78, 5) is 24.3. The second-order valence-electron chi connectivity index (χ2n) is 7.43. The first kappa shape index (κ1) is 16.6. The Bertz CT molecular complexity index is 686. The first-order chi connectivity index (χ1) is 11.3. The maximum Gasteiger partial charge on any atom is 0.410 e. The highest BCUT2D eigenvalue weighted by Crippen LogP contribution is 2.23. The molecule has 1 saturated heterocycles. The summed E-state index contributed by atoms with van der Waals surface area (Å²) >= 11 is 0. The van der Waals surface area contributed by atoms with Crippen molar-refractivity contribution in [1.82, 2.24) is 14.9 Å². The number of rotatable bonds is 3. The average Bonchev–Trinajstić information content (AvgIpc) is 3.11. The van der Waals surface area contributed by atoms with Gasteiger partial charge in [-0.05, 0) is 45.7 Å². The van der Waals surface area contributed by atoms with Crippen molar-refractivity contribution in [3.8, 4) is 0 Å². The minimum atomic E-state index is -0.463. The number of benzene rings is 1. The number of ether oxygens (including phenoxy) is 1. The van der Waals surface area contributed by atoms with Crippen LogP contribution in [0.2, 0.25) is 0 Å². The predicted molar refractivity (Wildman–Crippen MR) is 95.3 cm³/mol. The van der Waals surface area contributed by atoms with E-state index in [1.165, 1.54) is 0 Å². The van der Waals surface area contributed by atoms with E-state index in [9.17, 15) is 4.79 Å². The molecule has 0 unspecified atom stereocenters. The minimum absolute atomic E-state index is 0.151. The zero-order valence-corrected chi connectivity index (χ0v) is 14.9. The number of imidazole rings is 1. The molecule has 0 aliphatic carbocycles. The van der Waals surface area contributed by atoms with Crippen LogP contribution in [0.4, 0.5) is 10.7 Å². The Morgan fingerprint density at radius 1 is 1.42 bits per heavy atom. The Labute approximate surface area is 142 Å². The summed E-state index contributed by atoms with van der Waals surface area (Å²) in [7, 11) is 2.00. The molecule has 1 fully saturated rings. The molecular weight excluding hydrogens is 304 g/mol. The highest BCUT2D eigenvalue weighted by Gasteiger charge is 2.33. The van der Waals surface area contributed by atoms with E-state index in [1.807, 2.05) is 57.0 Å². The lowest BCUT2D eigenvalue weighted by atomic mass is 10.2. The highest BCUT2D eigenvalue weighted by molar-refractivity contribution is 5.77. The molecule has 6 nitrogen and oxygen atoms in total. The van der Waals surface area contributed by atoms with E-state index in [1.54, 1.807) is 0 Å². The fourth-order valence-electron chi connectivity index (χ4n) is 3.11. The van der Waals surface area contributed by atoms with Crippen LogP contribution in [0, 0.1) is 0 Å². The van der Waals surface area contributed by atoms with Crippen LogP contribution in [0.5, 0.6) is 0 Å². The number of H-pyrrole nitrogens is 1. The van der Waals surface area contributed by atoms with Gasteiger partial charge < -0.3 is 19.5 Å². The lowest BCUT2D eigenvalue weighted by Gasteiger charge is -2.30. The van der Waals surface area contributed by atoms with Crippen LogP contribution >= 0.6 is 0 Å². The molecule has 3 rings (SSSR count). The van der Waals surface area contributed by atoms with Gasteiger partial charge in [-0.15, -0.1) is 0 Å². The zero-order chi connectivity index (χ0) is 17.3. The Kier molecular flexibility index (Phi) is 4.39. The van der Waals surface area contributed by atoms with Gasteiger partial charge in [0.2, 0.25) is 5.95 Å². The Morgan fingerprint density at radius 3 is 2.88 bits per heavy atom. The van der Waals surface area contributed by atoms with Gasteiger partial charge in [0.15, 0.2) is 0 Å². The Balaban J connectivity index is 1.68. The molecule has 2 aromatic rings. The van der Waals surface area contributed by atoms with Crippen molar-refractivity contribution >= 4 is 23.1 Å². The number of carbonyl (C=O) groups excluding carboxylic acids is 1. The largest absolute Gasteiger partial charge is 0.444 e. The number of hydrogen-bond donors (Lipinski definition) is 1. The highest BCUT2D eigenvalue weighted by atomic mass is 16.6. The van der Waals surface area contributed by atoms with Crippen LogP contribution in [0.1, 0.15) is 33.6 Å². The van der Waals surface area contributed by atoms with Crippen LogP contribution in [-0.2, 0) is 4.74 Å². The summed E-state index contributed by atoms with van der Waals surface area (Å²) in [6.07, 6.45) is 1.78. The molecule has 24 heavy (non-hydrogen) atoms. The number of aromatic amines is 1. The van der Waals surface area contributed by atoms with E-state index in [0.29, 0.717) is 0 Å². The molecule has 1 aromatic heterocycles. The molecule has 2 heterocycles. The van der Waals surface area contributed by atoms with Crippen LogP contribution in [0.25, 0.3) is 11.0 Å². The summed E-state index contributed by atoms with van der Waals surface area (Å²) in [5.74, 6) is 0.826. The van der Waals surface area contributed by atoms with Gasteiger partial charge in [0.25, 0.3) is 0 Å². The Morgan fingerprint density at radius 2 is 2.17 bits per heavy atom. The SMILES string of the molecule is CN(C[C@H]1CCCN1C(=O)OC(C)(C)C)c1nc2ccccc2[nH]1. The number of likely N-dealkylation sites (tertiary alicyclic amines) is 1. The first-order valence-electron chi connectivity index (χ1n) is 8.49. The fraction of sp³-hybridized carbons (Fsp3) is 0.556. The van der Waals surface area contributed by atoms with E-state index >= 15 is 0 Å². The molecule has 0 bridgehead atoms. The number of likely N-dealkylation sites (N-methyl/N-ethyl adjacent to an activating group) is 1. The topological polar surface area (TPSA) is 61.5 Å². The number of carbonyl (C=O) groups is 1.